The zero-order valence-corrected chi connectivity index (χ0v) is 16.8. The third-order valence-corrected chi connectivity index (χ3v) is 7.22. The van der Waals surface area contributed by atoms with Gasteiger partial charge in [0.05, 0.1) is 0 Å². The van der Waals surface area contributed by atoms with E-state index >= 15 is 0 Å². The molecule has 3 atom stereocenters. The van der Waals surface area contributed by atoms with Crippen molar-refractivity contribution in [2.24, 2.45) is 11.8 Å². The molecule has 6 heteroatoms. The van der Waals surface area contributed by atoms with Gasteiger partial charge in [-0.1, -0.05) is 6.42 Å². The third-order valence-electron chi connectivity index (χ3n) is 7.22. The molecule has 3 heterocycles. The van der Waals surface area contributed by atoms with E-state index in [1.165, 1.54) is 25.7 Å². The lowest BCUT2D eigenvalue weighted by atomic mass is 9.93. The van der Waals surface area contributed by atoms with Crippen LogP contribution in [0.1, 0.15) is 36.9 Å². The first-order chi connectivity index (χ1) is 13.6. The number of H-pyrrole nitrogens is 1. The highest BCUT2D eigenvalue weighted by molar-refractivity contribution is 5.56. The van der Waals surface area contributed by atoms with Crippen LogP contribution < -0.4 is 10.5 Å². The lowest BCUT2D eigenvalue weighted by molar-refractivity contribution is 0.134. The van der Waals surface area contributed by atoms with E-state index < -0.39 is 0 Å². The summed E-state index contributed by atoms with van der Waals surface area (Å²) in [4.78, 5) is 29.1. The maximum atomic E-state index is 12.0. The predicted molar refractivity (Wildman–Crippen MR) is 111 cm³/mol. The number of aromatic amines is 1. The van der Waals surface area contributed by atoms with Gasteiger partial charge in [0.1, 0.15) is 11.6 Å². The molecule has 6 nitrogen and oxygen atoms in total. The van der Waals surface area contributed by atoms with Crippen molar-refractivity contribution in [2.45, 2.75) is 45.6 Å². The number of nitrogens with one attached hydrogen (secondary N) is 1. The summed E-state index contributed by atoms with van der Waals surface area (Å²) >= 11 is 0. The molecule has 148 valence electrons. The van der Waals surface area contributed by atoms with Crippen LogP contribution in [0.4, 0.5) is 5.82 Å². The minimum Gasteiger partial charge on any atom is -0.354 e. The lowest BCUT2D eigenvalue weighted by Gasteiger charge is -2.41. The zero-order chi connectivity index (χ0) is 19.3. The van der Waals surface area contributed by atoms with Crippen LogP contribution in [0.25, 0.3) is 11.4 Å². The number of rotatable bonds is 3. The number of aryl methyl sites for hydroxylation is 1. The number of nitrogens with zero attached hydrogens (tertiary/aromatic N) is 4. The Bertz CT molecular complexity index is 914. The van der Waals surface area contributed by atoms with Crippen molar-refractivity contribution >= 4 is 5.82 Å². The zero-order valence-electron chi connectivity index (χ0n) is 16.8. The molecule has 3 fully saturated rings. The summed E-state index contributed by atoms with van der Waals surface area (Å²) in [7, 11) is 0. The van der Waals surface area contributed by atoms with Crippen LogP contribution in [0.2, 0.25) is 0 Å². The first-order valence-electron chi connectivity index (χ1n) is 10.6. The van der Waals surface area contributed by atoms with E-state index in [0.717, 1.165) is 61.1 Å². The van der Waals surface area contributed by atoms with E-state index in [0.29, 0.717) is 11.4 Å². The summed E-state index contributed by atoms with van der Waals surface area (Å²) in [5.41, 5.74) is 2.20. The summed E-state index contributed by atoms with van der Waals surface area (Å²) in [6.07, 6.45) is 7.65. The molecule has 3 aliphatic rings. The molecule has 0 aromatic carbocycles. The molecule has 2 aromatic rings. The fourth-order valence-corrected chi connectivity index (χ4v) is 5.44. The minimum absolute atomic E-state index is 0.0803. The van der Waals surface area contributed by atoms with Gasteiger partial charge in [-0.05, 0) is 57.1 Å². The van der Waals surface area contributed by atoms with Crippen molar-refractivity contribution in [2.75, 3.05) is 31.1 Å². The summed E-state index contributed by atoms with van der Waals surface area (Å²) in [6.45, 7) is 8.03. The molecule has 2 saturated carbocycles. The quantitative estimate of drug-likeness (QED) is 0.888. The average Bonchev–Trinajstić information content (AvgIpc) is 3.36. The van der Waals surface area contributed by atoms with E-state index in [1.807, 2.05) is 19.2 Å². The number of piperazine rings is 1. The maximum absolute atomic E-state index is 12.0. The van der Waals surface area contributed by atoms with Gasteiger partial charge in [0.25, 0.3) is 5.56 Å². The highest BCUT2D eigenvalue weighted by atomic mass is 16.1. The fourth-order valence-electron chi connectivity index (χ4n) is 5.44. The van der Waals surface area contributed by atoms with Gasteiger partial charge < -0.3 is 9.88 Å². The predicted octanol–water partition coefficient (Wildman–Crippen LogP) is 2.76. The number of pyridine rings is 1. The van der Waals surface area contributed by atoms with Gasteiger partial charge in [0.15, 0.2) is 0 Å². The molecule has 28 heavy (non-hydrogen) atoms. The van der Waals surface area contributed by atoms with Crippen molar-refractivity contribution in [1.82, 2.24) is 19.9 Å². The molecule has 1 N–H and O–H groups in total. The topological polar surface area (TPSA) is 65.1 Å². The van der Waals surface area contributed by atoms with Gasteiger partial charge in [0, 0.05) is 55.2 Å². The molecule has 2 aromatic heterocycles. The lowest BCUT2D eigenvalue weighted by Crippen LogP contribution is -2.52. The van der Waals surface area contributed by atoms with Crippen LogP contribution in [-0.4, -0.2) is 52.1 Å². The summed E-state index contributed by atoms with van der Waals surface area (Å²) in [6, 6.07) is 4.90. The Kier molecular flexibility index (Phi) is 4.46. The molecule has 0 amide bonds. The van der Waals surface area contributed by atoms with Gasteiger partial charge in [-0.3, -0.25) is 9.69 Å². The molecular weight excluding hydrogens is 350 g/mol. The first kappa shape index (κ1) is 17.9. The highest BCUT2D eigenvalue weighted by Crippen LogP contribution is 2.46. The molecule has 2 bridgehead atoms. The van der Waals surface area contributed by atoms with Crippen LogP contribution in [0.5, 0.6) is 0 Å². The largest absolute Gasteiger partial charge is 0.354 e. The maximum Gasteiger partial charge on any atom is 0.254 e. The Morgan fingerprint density at radius 3 is 2.50 bits per heavy atom. The minimum atomic E-state index is -0.0803. The fraction of sp³-hybridized carbons (Fsp3) is 0.591. The number of fused-ring (bicyclic) bond motifs is 2. The molecule has 2 aliphatic carbocycles. The second-order valence-electron chi connectivity index (χ2n) is 8.80. The second-order valence-corrected chi connectivity index (χ2v) is 8.80. The van der Waals surface area contributed by atoms with Crippen molar-refractivity contribution in [3.8, 4) is 11.4 Å². The Morgan fingerprint density at radius 2 is 1.89 bits per heavy atom. The van der Waals surface area contributed by atoms with E-state index in [9.17, 15) is 4.79 Å². The molecule has 5 rings (SSSR count). The molecule has 1 aliphatic heterocycles. The standard InChI is InChI=1S/C22H29N5O/c1-14-15(2)24-21(25-22(14)28)18-5-6-20(23-13-18)27-9-7-26(8-10-27)19-12-16-3-4-17(19)11-16/h5-6,13,16-17,19H,3-4,7-12H2,1-2H3,(H,24,25,28). The van der Waals surface area contributed by atoms with E-state index in [-0.39, 0.29) is 5.56 Å². The Hall–Kier alpha value is -2.21. The monoisotopic (exact) mass is 379 g/mol. The van der Waals surface area contributed by atoms with E-state index in [4.69, 9.17) is 0 Å². The number of hydrogen-bond acceptors (Lipinski definition) is 5. The highest BCUT2D eigenvalue weighted by Gasteiger charge is 2.42. The van der Waals surface area contributed by atoms with Crippen LogP contribution in [-0.2, 0) is 0 Å². The van der Waals surface area contributed by atoms with Crippen molar-refractivity contribution < 1.29 is 0 Å². The molecular formula is C22H29N5O. The Labute approximate surface area is 166 Å². The number of aromatic nitrogens is 3. The van der Waals surface area contributed by atoms with Gasteiger partial charge in [0.2, 0.25) is 0 Å². The van der Waals surface area contributed by atoms with Crippen molar-refractivity contribution in [1.29, 1.82) is 0 Å². The average molecular weight is 380 g/mol. The number of hydrogen-bond donors (Lipinski definition) is 1. The summed E-state index contributed by atoms with van der Waals surface area (Å²) in [5, 5.41) is 0. The second kappa shape index (κ2) is 6.99. The third kappa shape index (κ3) is 3.13. The number of anilines is 1. The van der Waals surface area contributed by atoms with Gasteiger partial charge >= 0.3 is 0 Å². The van der Waals surface area contributed by atoms with Crippen molar-refractivity contribution in [3.05, 3.63) is 39.9 Å². The molecule has 0 spiro atoms. The van der Waals surface area contributed by atoms with Gasteiger partial charge in [-0.2, -0.15) is 0 Å². The molecule has 1 saturated heterocycles. The SMILES string of the molecule is Cc1nc(-c2ccc(N3CCN(C4CC5CCC4C5)CC3)nc2)[nH]c(=O)c1C. The van der Waals surface area contributed by atoms with E-state index in [1.54, 1.807) is 6.92 Å². The summed E-state index contributed by atoms with van der Waals surface area (Å²) < 4.78 is 0. The Morgan fingerprint density at radius 1 is 1.07 bits per heavy atom. The van der Waals surface area contributed by atoms with Gasteiger partial charge in [-0.25, -0.2) is 9.97 Å². The van der Waals surface area contributed by atoms with Crippen LogP contribution in [0, 0.1) is 25.7 Å². The smallest absolute Gasteiger partial charge is 0.254 e. The molecule has 0 radical (unpaired) electrons. The van der Waals surface area contributed by atoms with Crippen LogP contribution in [0.3, 0.4) is 0 Å². The van der Waals surface area contributed by atoms with Crippen molar-refractivity contribution in [3.63, 3.8) is 0 Å². The van der Waals surface area contributed by atoms with E-state index in [2.05, 4.69) is 30.8 Å². The summed E-state index contributed by atoms with van der Waals surface area (Å²) in [5.74, 6) is 3.57. The van der Waals surface area contributed by atoms with Gasteiger partial charge in [-0.15, -0.1) is 0 Å². The normalized spacial score (nSPS) is 27.5. The Balaban J connectivity index is 1.25. The first-order valence-corrected chi connectivity index (χ1v) is 10.6. The van der Waals surface area contributed by atoms with Crippen LogP contribution >= 0.6 is 0 Å². The molecule has 3 unspecified atom stereocenters. The van der Waals surface area contributed by atoms with Crippen LogP contribution in [0.15, 0.2) is 23.1 Å².